The molecule has 0 aliphatic heterocycles. The van der Waals surface area contributed by atoms with Gasteiger partial charge >= 0.3 is 6.09 Å². The molecule has 0 aliphatic rings. The summed E-state index contributed by atoms with van der Waals surface area (Å²) in [5.74, 6) is 0. The molecular weight excluding hydrogens is 324 g/mol. The normalized spacial score (nSPS) is 12.8. The molecule has 1 atom stereocenters. The molecule has 0 spiro atoms. The van der Waals surface area contributed by atoms with E-state index in [1.54, 1.807) is 0 Å². The third-order valence-corrected chi connectivity index (χ3v) is 2.88. The number of carbonyl (C=O) groups excluding carboxylic acids is 1. The van der Waals surface area contributed by atoms with Crippen molar-refractivity contribution in [2.45, 2.75) is 45.3 Å². The Labute approximate surface area is 127 Å². The van der Waals surface area contributed by atoms with E-state index >= 15 is 0 Å². The standard InChI is InChI=1S/C14H21BrN2O3/c1-14(2,3)20-13(19)17-11(7-5-9-18)10-6-4-8-12(15)16-10/h4,6,8,11,18H,5,7,9H2,1-3H3,(H,17,19). The van der Waals surface area contributed by atoms with Crippen LogP contribution in [0, 0.1) is 0 Å². The number of nitrogens with one attached hydrogen (secondary N) is 1. The second kappa shape index (κ2) is 7.59. The molecule has 5 nitrogen and oxygen atoms in total. The van der Waals surface area contributed by atoms with Gasteiger partial charge in [-0.25, -0.2) is 9.78 Å². The Morgan fingerprint density at radius 1 is 1.50 bits per heavy atom. The molecule has 0 aromatic carbocycles. The maximum absolute atomic E-state index is 11.9. The number of ether oxygens (including phenoxy) is 1. The van der Waals surface area contributed by atoms with Gasteiger partial charge in [0.2, 0.25) is 0 Å². The zero-order chi connectivity index (χ0) is 15.2. The molecule has 1 rings (SSSR count). The molecule has 1 unspecified atom stereocenters. The van der Waals surface area contributed by atoms with Crippen LogP contribution in [-0.4, -0.2) is 28.4 Å². The summed E-state index contributed by atoms with van der Waals surface area (Å²) in [4.78, 5) is 16.2. The molecule has 0 saturated heterocycles. The molecule has 2 N–H and O–H groups in total. The van der Waals surface area contributed by atoms with Crippen LogP contribution in [0.15, 0.2) is 22.8 Å². The average Bonchev–Trinajstić information content (AvgIpc) is 2.32. The molecule has 1 amide bonds. The topological polar surface area (TPSA) is 71.5 Å². The Balaban J connectivity index is 2.77. The number of carbonyl (C=O) groups is 1. The van der Waals surface area contributed by atoms with E-state index in [1.807, 2.05) is 39.0 Å². The maximum Gasteiger partial charge on any atom is 0.408 e. The average molecular weight is 345 g/mol. The summed E-state index contributed by atoms with van der Waals surface area (Å²) in [7, 11) is 0. The number of nitrogens with zero attached hydrogens (tertiary/aromatic N) is 1. The molecule has 6 heteroatoms. The van der Waals surface area contributed by atoms with E-state index < -0.39 is 11.7 Å². The number of aromatic nitrogens is 1. The van der Waals surface area contributed by atoms with Crippen LogP contribution >= 0.6 is 15.9 Å². The molecule has 1 heterocycles. The number of hydrogen-bond donors (Lipinski definition) is 2. The van der Waals surface area contributed by atoms with Crippen LogP contribution in [0.5, 0.6) is 0 Å². The molecule has 0 radical (unpaired) electrons. The second-order valence-corrected chi connectivity index (χ2v) is 6.26. The van der Waals surface area contributed by atoms with Crippen molar-refractivity contribution in [3.8, 4) is 0 Å². The molecule has 112 valence electrons. The van der Waals surface area contributed by atoms with Crippen molar-refractivity contribution < 1.29 is 14.6 Å². The van der Waals surface area contributed by atoms with E-state index in [2.05, 4.69) is 26.2 Å². The lowest BCUT2D eigenvalue weighted by Crippen LogP contribution is -2.35. The van der Waals surface area contributed by atoms with Gasteiger partial charge in [0.1, 0.15) is 10.2 Å². The van der Waals surface area contributed by atoms with Gasteiger partial charge in [-0.2, -0.15) is 0 Å². The predicted octanol–water partition coefficient (Wildman–Crippen LogP) is 3.18. The monoisotopic (exact) mass is 344 g/mol. The number of halogens is 1. The second-order valence-electron chi connectivity index (χ2n) is 5.45. The summed E-state index contributed by atoms with van der Waals surface area (Å²) >= 11 is 3.31. The van der Waals surface area contributed by atoms with Gasteiger partial charge in [0, 0.05) is 6.61 Å². The van der Waals surface area contributed by atoms with Gasteiger partial charge in [-0.3, -0.25) is 0 Å². The first-order valence-corrected chi connectivity index (χ1v) is 7.34. The van der Waals surface area contributed by atoms with Crippen LogP contribution in [-0.2, 0) is 4.74 Å². The van der Waals surface area contributed by atoms with Crippen molar-refractivity contribution in [2.75, 3.05) is 6.61 Å². The number of amides is 1. The Morgan fingerprint density at radius 2 is 2.20 bits per heavy atom. The number of rotatable bonds is 5. The maximum atomic E-state index is 11.9. The molecule has 1 aromatic heterocycles. The third kappa shape index (κ3) is 6.34. The van der Waals surface area contributed by atoms with Crippen LogP contribution in [0.1, 0.15) is 45.3 Å². The zero-order valence-corrected chi connectivity index (χ0v) is 13.6. The highest BCUT2D eigenvalue weighted by molar-refractivity contribution is 9.10. The summed E-state index contributed by atoms with van der Waals surface area (Å²) in [6, 6.07) is 5.23. The molecule has 1 aromatic rings. The fourth-order valence-corrected chi connectivity index (χ4v) is 2.01. The molecular formula is C14H21BrN2O3. The van der Waals surface area contributed by atoms with Crippen LogP contribution in [0.3, 0.4) is 0 Å². The number of hydrogen-bond acceptors (Lipinski definition) is 4. The number of aliphatic hydroxyl groups excluding tert-OH is 1. The Kier molecular flexibility index (Phi) is 6.42. The smallest absolute Gasteiger partial charge is 0.408 e. The van der Waals surface area contributed by atoms with E-state index in [9.17, 15) is 4.79 Å². The molecule has 0 saturated carbocycles. The Morgan fingerprint density at radius 3 is 2.75 bits per heavy atom. The van der Waals surface area contributed by atoms with Crippen molar-refractivity contribution >= 4 is 22.0 Å². The zero-order valence-electron chi connectivity index (χ0n) is 12.0. The first-order chi connectivity index (χ1) is 9.31. The van der Waals surface area contributed by atoms with Crippen molar-refractivity contribution in [1.29, 1.82) is 0 Å². The van der Waals surface area contributed by atoms with E-state index in [0.29, 0.717) is 17.4 Å². The van der Waals surface area contributed by atoms with E-state index in [4.69, 9.17) is 9.84 Å². The molecule has 0 bridgehead atoms. The lowest BCUT2D eigenvalue weighted by atomic mass is 10.1. The van der Waals surface area contributed by atoms with Crippen molar-refractivity contribution in [1.82, 2.24) is 10.3 Å². The highest BCUT2D eigenvalue weighted by atomic mass is 79.9. The Hall–Kier alpha value is -1.14. The van der Waals surface area contributed by atoms with Crippen LogP contribution in [0.25, 0.3) is 0 Å². The van der Waals surface area contributed by atoms with Gasteiger partial charge in [-0.05, 0) is 61.7 Å². The Bertz CT molecular complexity index is 446. The van der Waals surface area contributed by atoms with Gasteiger partial charge < -0.3 is 15.2 Å². The quantitative estimate of drug-likeness (QED) is 0.804. The minimum absolute atomic E-state index is 0.0699. The van der Waals surface area contributed by atoms with Crippen LogP contribution in [0.4, 0.5) is 4.79 Å². The van der Waals surface area contributed by atoms with Crippen molar-refractivity contribution in [3.05, 3.63) is 28.5 Å². The van der Waals surface area contributed by atoms with Crippen LogP contribution in [0.2, 0.25) is 0 Å². The summed E-state index contributed by atoms with van der Waals surface area (Å²) in [5.41, 5.74) is 0.190. The highest BCUT2D eigenvalue weighted by Gasteiger charge is 2.21. The molecule has 20 heavy (non-hydrogen) atoms. The fraction of sp³-hybridized carbons (Fsp3) is 0.571. The molecule has 0 aliphatic carbocycles. The van der Waals surface area contributed by atoms with E-state index in [-0.39, 0.29) is 12.6 Å². The largest absolute Gasteiger partial charge is 0.444 e. The first-order valence-electron chi connectivity index (χ1n) is 6.54. The summed E-state index contributed by atoms with van der Waals surface area (Å²) in [6.45, 7) is 5.51. The van der Waals surface area contributed by atoms with E-state index in [0.717, 1.165) is 5.69 Å². The van der Waals surface area contributed by atoms with Gasteiger partial charge in [-0.1, -0.05) is 6.07 Å². The van der Waals surface area contributed by atoms with Gasteiger partial charge in [0.05, 0.1) is 11.7 Å². The summed E-state index contributed by atoms with van der Waals surface area (Å²) in [5, 5.41) is 11.8. The summed E-state index contributed by atoms with van der Waals surface area (Å²) in [6.07, 6.45) is 0.690. The third-order valence-electron chi connectivity index (χ3n) is 2.44. The summed E-state index contributed by atoms with van der Waals surface area (Å²) < 4.78 is 5.95. The van der Waals surface area contributed by atoms with Crippen LogP contribution < -0.4 is 5.32 Å². The number of alkyl carbamates (subject to hydrolysis) is 1. The molecule has 0 fully saturated rings. The minimum Gasteiger partial charge on any atom is -0.444 e. The predicted molar refractivity (Wildman–Crippen MR) is 80.4 cm³/mol. The minimum atomic E-state index is -0.545. The van der Waals surface area contributed by atoms with Gasteiger partial charge in [0.25, 0.3) is 0 Å². The fourth-order valence-electron chi connectivity index (χ4n) is 1.66. The lowest BCUT2D eigenvalue weighted by Gasteiger charge is -2.23. The lowest BCUT2D eigenvalue weighted by molar-refractivity contribution is 0.0497. The number of pyridine rings is 1. The SMILES string of the molecule is CC(C)(C)OC(=O)NC(CCCO)c1cccc(Br)n1. The first kappa shape index (κ1) is 16.9. The highest BCUT2D eigenvalue weighted by Crippen LogP contribution is 2.19. The van der Waals surface area contributed by atoms with Gasteiger partial charge in [-0.15, -0.1) is 0 Å². The number of aliphatic hydroxyl groups is 1. The van der Waals surface area contributed by atoms with Crippen molar-refractivity contribution in [2.24, 2.45) is 0 Å². The van der Waals surface area contributed by atoms with E-state index in [1.165, 1.54) is 0 Å². The van der Waals surface area contributed by atoms with Gasteiger partial charge in [0.15, 0.2) is 0 Å². The van der Waals surface area contributed by atoms with Crippen molar-refractivity contribution in [3.63, 3.8) is 0 Å².